The summed E-state index contributed by atoms with van der Waals surface area (Å²) in [4.78, 5) is 41.4. The molecule has 28 heavy (non-hydrogen) atoms. The van der Waals surface area contributed by atoms with E-state index in [1.165, 1.54) is 12.1 Å². The van der Waals surface area contributed by atoms with Crippen molar-refractivity contribution >= 4 is 28.7 Å². The quantitative estimate of drug-likeness (QED) is 0.586. The minimum atomic E-state index is -0.466. The van der Waals surface area contributed by atoms with Gasteiger partial charge in [0.25, 0.3) is 5.69 Å². The molecule has 0 N–H and O–H groups in total. The lowest BCUT2D eigenvalue weighted by Gasteiger charge is -2.34. The van der Waals surface area contributed by atoms with Crippen LogP contribution in [0.25, 0.3) is 5.70 Å². The number of fused-ring (bicyclic) bond motifs is 3. The van der Waals surface area contributed by atoms with Gasteiger partial charge in [-0.2, -0.15) is 0 Å². The number of non-ortho nitro benzene ring substituents is 1. The van der Waals surface area contributed by atoms with E-state index in [9.17, 15) is 19.7 Å². The molecule has 6 nitrogen and oxygen atoms in total. The average Bonchev–Trinajstić information content (AvgIpc) is 2.99. The fraction of sp³-hybridized carbons (Fsp3) is 0.227. The monoisotopic (exact) mass is 372 g/mol. The molecule has 3 aliphatic rings. The van der Waals surface area contributed by atoms with Crippen LogP contribution in [-0.2, 0) is 4.79 Å². The number of hydrogen-bond acceptors (Lipinski definition) is 5. The Morgan fingerprint density at radius 3 is 2.36 bits per heavy atom. The maximum Gasteiger partial charge on any atom is 0.269 e. The summed E-state index contributed by atoms with van der Waals surface area (Å²) < 4.78 is 0. The van der Waals surface area contributed by atoms with Crippen LogP contribution < -0.4 is 0 Å². The van der Waals surface area contributed by atoms with E-state index in [2.05, 4.69) is 0 Å². The molecular formula is C22H16N2O4. The van der Waals surface area contributed by atoms with Crippen molar-refractivity contribution in [2.75, 3.05) is 0 Å². The molecule has 0 aromatic heterocycles. The molecule has 0 amide bonds. The van der Waals surface area contributed by atoms with Crippen molar-refractivity contribution in [1.29, 1.82) is 0 Å². The molecule has 1 heterocycles. The molecular weight excluding hydrogens is 356 g/mol. The van der Waals surface area contributed by atoms with Gasteiger partial charge in [-0.25, -0.2) is 0 Å². The van der Waals surface area contributed by atoms with Gasteiger partial charge < -0.3 is 0 Å². The lowest BCUT2D eigenvalue weighted by molar-refractivity contribution is -0.384. The van der Waals surface area contributed by atoms with Crippen LogP contribution in [0.1, 0.15) is 46.7 Å². The molecule has 5 rings (SSSR count). The maximum absolute atomic E-state index is 13.2. The molecule has 0 spiro atoms. The Morgan fingerprint density at radius 1 is 0.929 bits per heavy atom. The Bertz CT molecular complexity index is 1110. The number of aliphatic imine (C=N–C) groups is 1. The number of nitro groups is 1. The molecule has 0 bridgehead atoms. The van der Waals surface area contributed by atoms with Crippen LogP contribution in [0.4, 0.5) is 5.69 Å². The van der Waals surface area contributed by atoms with E-state index in [4.69, 9.17) is 4.99 Å². The summed E-state index contributed by atoms with van der Waals surface area (Å²) in [5.41, 5.74) is 4.16. The average molecular weight is 372 g/mol. The van der Waals surface area contributed by atoms with E-state index in [-0.39, 0.29) is 17.3 Å². The van der Waals surface area contributed by atoms with Gasteiger partial charge in [-0.15, -0.1) is 0 Å². The molecule has 2 aliphatic carbocycles. The minimum Gasteiger partial charge on any atom is -0.299 e. The van der Waals surface area contributed by atoms with Crippen molar-refractivity contribution < 1.29 is 14.5 Å². The molecule has 0 saturated heterocycles. The van der Waals surface area contributed by atoms with Crippen molar-refractivity contribution in [2.45, 2.75) is 25.2 Å². The van der Waals surface area contributed by atoms with Crippen molar-refractivity contribution in [3.8, 4) is 0 Å². The first kappa shape index (κ1) is 16.7. The van der Waals surface area contributed by atoms with Gasteiger partial charge in [-0.1, -0.05) is 36.4 Å². The number of rotatable bonds is 2. The number of ketones is 2. The maximum atomic E-state index is 13.2. The SMILES string of the molecule is O=C1C2=C(N=C3CCCC(=O)C3[C@@H]2c2ccc([N+](=O)[O-])cc2)c2ccccc21. The van der Waals surface area contributed by atoms with Crippen LogP contribution in [0.5, 0.6) is 0 Å². The topological polar surface area (TPSA) is 89.6 Å². The van der Waals surface area contributed by atoms with E-state index >= 15 is 0 Å². The van der Waals surface area contributed by atoms with Gasteiger partial charge in [-0.3, -0.25) is 24.7 Å². The number of nitro benzene ring substituents is 1. The largest absolute Gasteiger partial charge is 0.299 e. The predicted molar refractivity (Wildman–Crippen MR) is 103 cm³/mol. The minimum absolute atomic E-state index is 0.0151. The first-order valence-corrected chi connectivity index (χ1v) is 9.29. The Morgan fingerprint density at radius 2 is 1.64 bits per heavy atom. The molecule has 138 valence electrons. The van der Waals surface area contributed by atoms with Gasteiger partial charge in [0.15, 0.2) is 5.78 Å². The van der Waals surface area contributed by atoms with Crippen LogP contribution in [0, 0.1) is 16.0 Å². The summed E-state index contributed by atoms with van der Waals surface area (Å²) in [6.07, 6.45) is 1.96. The zero-order valence-corrected chi connectivity index (χ0v) is 14.9. The summed E-state index contributed by atoms with van der Waals surface area (Å²) in [5, 5.41) is 11.0. The second kappa shape index (κ2) is 6.05. The third-order valence-electron chi connectivity index (χ3n) is 5.85. The van der Waals surface area contributed by atoms with Gasteiger partial charge in [0.2, 0.25) is 0 Å². The number of carbonyl (C=O) groups excluding carboxylic acids is 2. The number of allylic oxidation sites excluding steroid dienone is 1. The Hall–Kier alpha value is -3.41. The van der Waals surface area contributed by atoms with E-state index in [0.717, 1.165) is 29.7 Å². The molecule has 6 heteroatoms. The third-order valence-corrected chi connectivity index (χ3v) is 5.85. The summed E-state index contributed by atoms with van der Waals surface area (Å²) in [6, 6.07) is 13.6. The number of benzene rings is 2. The van der Waals surface area contributed by atoms with Gasteiger partial charge in [-0.05, 0) is 18.4 Å². The second-order valence-corrected chi connectivity index (χ2v) is 7.36. The standard InChI is InChI=1S/C22H16N2O4/c25-17-7-3-6-16-19(17)18(12-8-10-13(11-9-12)24(27)28)20-21(23-16)14-4-1-2-5-15(14)22(20)26/h1-2,4-5,8-11,18-19H,3,6-7H2/t18-,19?/m0/s1. The number of carbonyl (C=O) groups is 2. The highest BCUT2D eigenvalue weighted by atomic mass is 16.6. The molecule has 1 saturated carbocycles. The molecule has 2 aromatic rings. The summed E-state index contributed by atoms with van der Waals surface area (Å²) in [5.74, 6) is -0.929. The fourth-order valence-electron chi connectivity index (χ4n) is 4.61. The highest BCUT2D eigenvalue weighted by Crippen LogP contribution is 2.49. The number of hydrogen-bond donors (Lipinski definition) is 0. The molecule has 2 atom stereocenters. The smallest absolute Gasteiger partial charge is 0.269 e. The van der Waals surface area contributed by atoms with Crippen LogP contribution in [0.15, 0.2) is 59.1 Å². The second-order valence-electron chi connectivity index (χ2n) is 7.36. The normalized spacial score (nSPS) is 23.1. The van der Waals surface area contributed by atoms with E-state index in [1.54, 1.807) is 18.2 Å². The number of Topliss-reactive ketones (excluding diaryl/α,β-unsaturated/α-hetero) is 2. The predicted octanol–water partition coefficient (Wildman–Crippen LogP) is 4.11. The van der Waals surface area contributed by atoms with Gasteiger partial charge in [0.05, 0.1) is 16.5 Å². The molecule has 2 aromatic carbocycles. The van der Waals surface area contributed by atoms with E-state index in [1.807, 2.05) is 18.2 Å². The Labute approximate surface area is 160 Å². The lowest BCUT2D eigenvalue weighted by atomic mass is 9.69. The van der Waals surface area contributed by atoms with E-state index in [0.29, 0.717) is 23.3 Å². The number of nitrogens with zero attached hydrogens (tertiary/aromatic N) is 2. The van der Waals surface area contributed by atoms with Crippen molar-refractivity contribution in [3.63, 3.8) is 0 Å². The van der Waals surface area contributed by atoms with Crippen LogP contribution >= 0.6 is 0 Å². The summed E-state index contributed by atoms with van der Waals surface area (Å²) >= 11 is 0. The zero-order chi connectivity index (χ0) is 19.4. The molecule has 1 unspecified atom stereocenters. The zero-order valence-electron chi connectivity index (χ0n) is 14.9. The van der Waals surface area contributed by atoms with Crippen molar-refractivity contribution in [1.82, 2.24) is 0 Å². The van der Waals surface area contributed by atoms with Gasteiger partial charge in [0.1, 0.15) is 5.78 Å². The molecule has 1 fully saturated rings. The van der Waals surface area contributed by atoms with Crippen LogP contribution in [0.2, 0.25) is 0 Å². The first-order chi connectivity index (χ1) is 13.6. The first-order valence-electron chi connectivity index (χ1n) is 9.29. The van der Waals surface area contributed by atoms with E-state index < -0.39 is 16.8 Å². The van der Waals surface area contributed by atoms with Crippen molar-refractivity contribution in [3.05, 3.63) is 80.9 Å². The third kappa shape index (κ3) is 2.30. The fourth-order valence-corrected chi connectivity index (χ4v) is 4.61. The summed E-state index contributed by atoms with van der Waals surface area (Å²) in [7, 11) is 0. The lowest BCUT2D eigenvalue weighted by Crippen LogP contribution is -2.37. The highest BCUT2D eigenvalue weighted by molar-refractivity contribution is 6.25. The Kier molecular flexibility index (Phi) is 3.62. The van der Waals surface area contributed by atoms with Crippen molar-refractivity contribution in [2.24, 2.45) is 10.9 Å². The summed E-state index contributed by atoms with van der Waals surface area (Å²) in [6.45, 7) is 0. The Balaban J connectivity index is 1.71. The highest BCUT2D eigenvalue weighted by Gasteiger charge is 2.47. The van der Waals surface area contributed by atoms with Crippen LogP contribution in [0.3, 0.4) is 0 Å². The molecule has 0 radical (unpaired) electrons. The van der Waals surface area contributed by atoms with Crippen LogP contribution in [-0.4, -0.2) is 22.2 Å². The van der Waals surface area contributed by atoms with Gasteiger partial charge >= 0.3 is 0 Å². The molecule has 1 aliphatic heterocycles. The van der Waals surface area contributed by atoms with Gasteiger partial charge in [0, 0.05) is 46.9 Å².